The van der Waals surface area contributed by atoms with Gasteiger partial charge in [0.25, 0.3) is 0 Å². The van der Waals surface area contributed by atoms with Crippen LogP contribution in [0.4, 0.5) is 13.2 Å². The van der Waals surface area contributed by atoms with E-state index in [1.165, 1.54) is 0 Å². The number of hydrogen-bond donors (Lipinski definition) is 1. The van der Waals surface area contributed by atoms with Gasteiger partial charge in [-0.2, -0.15) is 18.3 Å². The van der Waals surface area contributed by atoms with E-state index < -0.39 is 18.8 Å². The number of rotatable bonds is 6. The van der Waals surface area contributed by atoms with Crippen molar-refractivity contribution in [2.24, 2.45) is 4.99 Å². The SMILES string of the molecule is Cc1nn(CC(O)C(F)(F)F)c(C)c1-c1ccnc(O[C@@H]2CCN(C3=C(Cl)C(=O)CN=C3)C2)c1. The number of hydrogen-bond acceptors (Lipinski definition) is 7. The summed E-state index contributed by atoms with van der Waals surface area (Å²) in [4.78, 5) is 22.1. The molecule has 1 fully saturated rings. The number of dihydropyridines is 1. The van der Waals surface area contributed by atoms with Gasteiger partial charge in [-0.25, -0.2) is 4.98 Å². The van der Waals surface area contributed by atoms with E-state index in [9.17, 15) is 23.1 Å². The third-order valence-corrected chi connectivity index (χ3v) is 6.22. The third-order valence-electron chi connectivity index (χ3n) is 5.82. The molecule has 34 heavy (non-hydrogen) atoms. The summed E-state index contributed by atoms with van der Waals surface area (Å²) >= 11 is 6.16. The molecule has 2 aromatic heterocycles. The Bertz CT molecular complexity index is 1160. The number of aromatic nitrogens is 3. The number of nitrogens with zero attached hydrogens (tertiary/aromatic N) is 5. The van der Waals surface area contributed by atoms with E-state index in [1.54, 1.807) is 38.4 Å². The molecule has 1 saturated heterocycles. The zero-order valence-electron chi connectivity index (χ0n) is 18.5. The number of alkyl halides is 3. The summed E-state index contributed by atoms with van der Waals surface area (Å²) in [7, 11) is 0. The molecule has 182 valence electrons. The van der Waals surface area contributed by atoms with Crippen molar-refractivity contribution in [2.75, 3.05) is 19.6 Å². The fraction of sp³-hybridized carbons (Fsp3) is 0.455. The highest BCUT2D eigenvalue weighted by molar-refractivity contribution is 6.44. The number of carbonyl (C=O) groups is 1. The minimum absolute atomic E-state index is 0.0530. The molecule has 4 heterocycles. The Morgan fingerprint density at radius 2 is 2.12 bits per heavy atom. The molecular formula is C22H23ClF3N5O3. The minimum atomic E-state index is -4.73. The van der Waals surface area contributed by atoms with E-state index in [1.807, 2.05) is 4.90 Å². The van der Waals surface area contributed by atoms with Crippen molar-refractivity contribution in [1.82, 2.24) is 19.7 Å². The standard InChI is InChI=1S/C22H23ClF3N5O3/c1-12-20(13(2)31(29-12)11-18(33)22(24,25)26)14-3-5-28-19(7-14)34-15-4-6-30(10-15)16-8-27-9-17(32)21(16)23/h3,5,7-8,15,18,33H,4,6,9-11H2,1-2H3/t15-,18?/m1/s1. The fourth-order valence-electron chi connectivity index (χ4n) is 4.11. The summed E-state index contributed by atoms with van der Waals surface area (Å²) in [5.41, 5.74) is 2.96. The Kier molecular flexibility index (Phi) is 6.68. The topological polar surface area (TPSA) is 92.8 Å². The maximum absolute atomic E-state index is 12.8. The summed E-state index contributed by atoms with van der Waals surface area (Å²) in [6.07, 6.45) is -3.58. The van der Waals surface area contributed by atoms with Gasteiger partial charge in [-0.1, -0.05) is 11.6 Å². The molecule has 0 aromatic carbocycles. The van der Waals surface area contributed by atoms with Crippen molar-refractivity contribution in [1.29, 1.82) is 0 Å². The number of allylic oxidation sites excluding steroid dienone is 1. The number of pyridine rings is 1. The Balaban J connectivity index is 1.49. The Labute approximate surface area is 198 Å². The predicted molar refractivity (Wildman–Crippen MR) is 119 cm³/mol. The molecule has 8 nitrogen and oxygen atoms in total. The van der Waals surface area contributed by atoms with Crippen LogP contribution in [-0.4, -0.2) is 74.8 Å². The maximum Gasteiger partial charge on any atom is 0.416 e. The molecule has 2 atom stereocenters. The zero-order chi connectivity index (χ0) is 24.6. The lowest BCUT2D eigenvalue weighted by Gasteiger charge is -2.22. The normalized spacial score (nSPS) is 19.8. The van der Waals surface area contributed by atoms with E-state index in [0.29, 0.717) is 53.6 Å². The quantitative estimate of drug-likeness (QED) is 0.659. The van der Waals surface area contributed by atoms with Crippen LogP contribution >= 0.6 is 11.6 Å². The molecule has 0 bridgehead atoms. The second-order valence-corrected chi connectivity index (χ2v) is 8.61. The van der Waals surface area contributed by atoms with Gasteiger partial charge in [0.15, 0.2) is 11.9 Å². The molecule has 0 aliphatic carbocycles. The number of aliphatic imine (C=N–C) groups is 1. The highest BCUT2D eigenvalue weighted by atomic mass is 35.5. The van der Waals surface area contributed by atoms with Crippen LogP contribution < -0.4 is 4.74 Å². The number of carbonyl (C=O) groups excluding carboxylic acids is 1. The van der Waals surface area contributed by atoms with Crippen LogP contribution in [0.3, 0.4) is 0 Å². The van der Waals surface area contributed by atoms with E-state index in [4.69, 9.17) is 16.3 Å². The lowest BCUT2D eigenvalue weighted by atomic mass is 10.1. The molecule has 0 spiro atoms. The minimum Gasteiger partial charge on any atom is -0.472 e. The number of halogens is 4. The Morgan fingerprint density at radius 1 is 1.35 bits per heavy atom. The predicted octanol–water partition coefficient (Wildman–Crippen LogP) is 3.04. The molecule has 1 unspecified atom stereocenters. The van der Waals surface area contributed by atoms with E-state index >= 15 is 0 Å². The first kappa shape index (κ1) is 24.2. The van der Waals surface area contributed by atoms with Gasteiger partial charge >= 0.3 is 6.18 Å². The first-order valence-electron chi connectivity index (χ1n) is 10.6. The first-order chi connectivity index (χ1) is 16.0. The van der Waals surface area contributed by atoms with Gasteiger partial charge in [0.1, 0.15) is 17.7 Å². The molecule has 1 N–H and O–H groups in total. The van der Waals surface area contributed by atoms with Crippen molar-refractivity contribution in [2.45, 2.75) is 45.2 Å². The third kappa shape index (κ3) is 4.95. The van der Waals surface area contributed by atoms with E-state index in [0.717, 1.165) is 4.68 Å². The van der Waals surface area contributed by atoms with E-state index in [-0.39, 0.29) is 23.5 Å². The van der Waals surface area contributed by atoms with Crippen LogP contribution in [0, 0.1) is 13.8 Å². The maximum atomic E-state index is 12.8. The van der Waals surface area contributed by atoms with Crippen LogP contribution in [0.1, 0.15) is 17.8 Å². The lowest BCUT2D eigenvalue weighted by Crippen LogP contribution is -2.33. The van der Waals surface area contributed by atoms with Crippen molar-refractivity contribution in [3.05, 3.63) is 40.4 Å². The van der Waals surface area contributed by atoms with Crippen molar-refractivity contribution < 1.29 is 27.8 Å². The zero-order valence-corrected chi connectivity index (χ0v) is 19.3. The summed E-state index contributed by atoms with van der Waals surface area (Å²) in [5, 5.41) is 13.8. The molecule has 2 aromatic rings. The summed E-state index contributed by atoms with van der Waals surface area (Å²) < 4.78 is 45.5. The first-order valence-corrected chi connectivity index (χ1v) is 11.0. The highest BCUT2D eigenvalue weighted by Gasteiger charge is 2.39. The fourth-order valence-corrected chi connectivity index (χ4v) is 4.34. The van der Waals surface area contributed by atoms with Crippen molar-refractivity contribution in [3.8, 4) is 17.0 Å². The highest BCUT2D eigenvalue weighted by Crippen LogP contribution is 2.31. The second kappa shape index (κ2) is 9.38. The van der Waals surface area contributed by atoms with Crippen molar-refractivity contribution >= 4 is 23.6 Å². The average molecular weight is 498 g/mol. The Morgan fingerprint density at radius 3 is 2.85 bits per heavy atom. The average Bonchev–Trinajstić information content (AvgIpc) is 3.33. The van der Waals surface area contributed by atoms with Gasteiger partial charge in [-0.15, -0.1) is 0 Å². The van der Waals surface area contributed by atoms with Crippen molar-refractivity contribution in [3.63, 3.8) is 0 Å². The molecular weight excluding hydrogens is 475 g/mol. The van der Waals surface area contributed by atoms with Gasteiger partial charge in [0, 0.05) is 42.7 Å². The summed E-state index contributed by atoms with van der Waals surface area (Å²) in [6.45, 7) is 3.85. The second-order valence-electron chi connectivity index (χ2n) is 8.23. The number of aryl methyl sites for hydroxylation is 1. The van der Waals surface area contributed by atoms with E-state index in [2.05, 4.69) is 15.1 Å². The number of aliphatic hydroxyl groups is 1. The molecule has 12 heteroatoms. The largest absolute Gasteiger partial charge is 0.472 e. The van der Waals surface area contributed by atoms with Gasteiger partial charge in [-0.05, 0) is 25.5 Å². The summed E-state index contributed by atoms with van der Waals surface area (Å²) in [5.74, 6) is 0.145. The van der Waals surface area contributed by atoms with Crippen LogP contribution in [0.15, 0.2) is 34.1 Å². The van der Waals surface area contributed by atoms with Crippen LogP contribution in [0.2, 0.25) is 0 Å². The number of aliphatic hydroxyl groups excluding tert-OH is 1. The summed E-state index contributed by atoms with van der Waals surface area (Å²) in [6, 6.07) is 3.44. The number of ketones is 1. The molecule has 0 saturated carbocycles. The number of likely N-dealkylation sites (tertiary alicyclic amines) is 1. The number of Topliss-reactive ketones (excluding diaryl/α,β-unsaturated/α-hetero) is 1. The molecule has 0 amide bonds. The van der Waals surface area contributed by atoms with Gasteiger partial charge in [-0.3, -0.25) is 14.5 Å². The van der Waals surface area contributed by atoms with Gasteiger partial charge in [0.05, 0.1) is 24.5 Å². The van der Waals surface area contributed by atoms with Gasteiger partial charge < -0.3 is 14.7 Å². The van der Waals surface area contributed by atoms with Crippen LogP contribution in [-0.2, 0) is 11.3 Å². The van der Waals surface area contributed by atoms with Crippen LogP contribution in [0.25, 0.3) is 11.1 Å². The molecule has 2 aliphatic rings. The molecule has 4 rings (SSSR count). The van der Waals surface area contributed by atoms with Crippen LogP contribution in [0.5, 0.6) is 5.88 Å². The Hall–Kier alpha value is -2.92. The smallest absolute Gasteiger partial charge is 0.416 e. The number of ether oxygens (including phenoxy) is 1. The monoisotopic (exact) mass is 497 g/mol. The molecule has 0 radical (unpaired) electrons. The molecule has 2 aliphatic heterocycles. The van der Waals surface area contributed by atoms with Gasteiger partial charge in [0.2, 0.25) is 5.88 Å². The lowest BCUT2D eigenvalue weighted by molar-refractivity contribution is -0.208.